The van der Waals surface area contributed by atoms with Gasteiger partial charge in [0, 0.05) is 18.2 Å². The molecule has 0 radical (unpaired) electrons. The van der Waals surface area contributed by atoms with Crippen molar-refractivity contribution in [2.24, 2.45) is 0 Å². The molecule has 8 heteroatoms. The van der Waals surface area contributed by atoms with E-state index >= 15 is 0 Å². The number of halogens is 1. The summed E-state index contributed by atoms with van der Waals surface area (Å²) in [6, 6.07) is 7.62. The van der Waals surface area contributed by atoms with Gasteiger partial charge in [0.15, 0.2) is 6.23 Å². The molecule has 1 fully saturated rings. The van der Waals surface area contributed by atoms with Crippen LogP contribution in [-0.4, -0.2) is 34.9 Å². The number of carbonyl (C=O) groups is 2. The standard InChI is InChI=1S/C18H18FN3O4/c1-2-16(24)21-17-9-22(18(25)26-17)13-3-4-14(15(19)8-13)11-5-6-20-12(7-11)10-23/h3-8,17,23H,2,9-10H2,1H3,(H,21,24). The molecular formula is C18H18FN3O4. The van der Waals surface area contributed by atoms with Gasteiger partial charge in [0.05, 0.1) is 24.5 Å². The quantitative estimate of drug-likeness (QED) is 0.854. The van der Waals surface area contributed by atoms with Crippen LogP contribution in [0.2, 0.25) is 0 Å². The van der Waals surface area contributed by atoms with Crippen LogP contribution >= 0.6 is 0 Å². The second kappa shape index (κ2) is 7.49. The van der Waals surface area contributed by atoms with Crippen molar-refractivity contribution in [1.29, 1.82) is 0 Å². The lowest BCUT2D eigenvalue weighted by Gasteiger charge is -2.14. The molecule has 1 atom stereocenters. The van der Waals surface area contributed by atoms with Crippen LogP contribution in [0.15, 0.2) is 36.5 Å². The summed E-state index contributed by atoms with van der Waals surface area (Å²) in [5, 5.41) is 11.7. The molecule has 2 amide bonds. The molecule has 2 heterocycles. The first kappa shape index (κ1) is 17.8. The second-order valence-electron chi connectivity index (χ2n) is 5.76. The third-order valence-electron chi connectivity index (χ3n) is 4.01. The molecule has 3 rings (SSSR count). The van der Waals surface area contributed by atoms with Crippen LogP contribution in [0.4, 0.5) is 14.9 Å². The van der Waals surface area contributed by atoms with Crippen molar-refractivity contribution in [2.75, 3.05) is 11.4 Å². The summed E-state index contributed by atoms with van der Waals surface area (Å²) in [6.45, 7) is 1.56. The number of aliphatic hydroxyl groups is 1. The molecule has 1 saturated heterocycles. The normalized spacial score (nSPS) is 16.5. The van der Waals surface area contributed by atoms with Crippen molar-refractivity contribution < 1.29 is 23.8 Å². The first-order chi connectivity index (χ1) is 12.5. The average molecular weight is 359 g/mol. The molecule has 0 aliphatic carbocycles. The van der Waals surface area contributed by atoms with E-state index < -0.39 is 18.1 Å². The van der Waals surface area contributed by atoms with Gasteiger partial charge in [0.25, 0.3) is 0 Å². The van der Waals surface area contributed by atoms with E-state index in [0.717, 1.165) is 0 Å². The van der Waals surface area contributed by atoms with Gasteiger partial charge >= 0.3 is 6.09 Å². The Kier molecular flexibility index (Phi) is 5.13. The monoisotopic (exact) mass is 359 g/mol. The van der Waals surface area contributed by atoms with E-state index in [1.165, 1.54) is 17.2 Å². The zero-order valence-electron chi connectivity index (χ0n) is 14.1. The zero-order chi connectivity index (χ0) is 18.7. The summed E-state index contributed by atoms with van der Waals surface area (Å²) in [6.07, 6.45) is 0.363. The largest absolute Gasteiger partial charge is 0.423 e. The van der Waals surface area contributed by atoms with E-state index in [-0.39, 0.29) is 25.5 Å². The van der Waals surface area contributed by atoms with Crippen LogP contribution in [0, 0.1) is 5.82 Å². The van der Waals surface area contributed by atoms with Gasteiger partial charge in [-0.3, -0.25) is 14.7 Å². The lowest BCUT2D eigenvalue weighted by molar-refractivity contribution is -0.123. The van der Waals surface area contributed by atoms with Crippen LogP contribution in [0.5, 0.6) is 0 Å². The summed E-state index contributed by atoms with van der Waals surface area (Å²) in [7, 11) is 0. The minimum atomic E-state index is -0.759. The first-order valence-electron chi connectivity index (χ1n) is 8.15. The van der Waals surface area contributed by atoms with E-state index in [9.17, 15) is 14.0 Å². The number of rotatable bonds is 5. The highest BCUT2D eigenvalue weighted by Crippen LogP contribution is 2.29. The van der Waals surface area contributed by atoms with Gasteiger partial charge in [-0.15, -0.1) is 0 Å². The van der Waals surface area contributed by atoms with Crippen LogP contribution in [-0.2, 0) is 16.1 Å². The number of hydrogen-bond acceptors (Lipinski definition) is 5. The minimum absolute atomic E-state index is 0.104. The van der Waals surface area contributed by atoms with Crippen molar-refractivity contribution in [3.05, 3.63) is 48.0 Å². The number of carbonyl (C=O) groups excluding carboxylic acids is 2. The fraction of sp³-hybridized carbons (Fsp3) is 0.278. The average Bonchev–Trinajstić information content (AvgIpc) is 3.01. The molecule has 1 aliphatic heterocycles. The Hall–Kier alpha value is -3.00. The molecule has 7 nitrogen and oxygen atoms in total. The predicted octanol–water partition coefficient (Wildman–Crippen LogP) is 2.19. The van der Waals surface area contributed by atoms with E-state index in [0.29, 0.717) is 22.5 Å². The molecule has 2 aromatic rings. The Morgan fingerprint density at radius 3 is 2.92 bits per heavy atom. The van der Waals surface area contributed by atoms with Crippen LogP contribution < -0.4 is 10.2 Å². The molecule has 1 aromatic heterocycles. The van der Waals surface area contributed by atoms with Crippen molar-refractivity contribution in [3.63, 3.8) is 0 Å². The molecule has 2 N–H and O–H groups in total. The number of aliphatic hydroxyl groups excluding tert-OH is 1. The third kappa shape index (κ3) is 3.65. The summed E-state index contributed by atoms with van der Waals surface area (Å²) in [5.74, 6) is -0.755. The van der Waals surface area contributed by atoms with Crippen molar-refractivity contribution in [2.45, 2.75) is 26.2 Å². The zero-order valence-corrected chi connectivity index (χ0v) is 14.1. The number of nitrogens with one attached hydrogen (secondary N) is 1. The fourth-order valence-electron chi connectivity index (χ4n) is 2.67. The molecule has 136 valence electrons. The van der Waals surface area contributed by atoms with Crippen LogP contribution in [0.3, 0.4) is 0 Å². The van der Waals surface area contributed by atoms with Gasteiger partial charge in [0.2, 0.25) is 5.91 Å². The Labute approximate surface area is 149 Å². The predicted molar refractivity (Wildman–Crippen MR) is 91.6 cm³/mol. The first-order valence-corrected chi connectivity index (χ1v) is 8.15. The number of amides is 2. The number of aromatic nitrogens is 1. The fourth-order valence-corrected chi connectivity index (χ4v) is 2.67. The van der Waals surface area contributed by atoms with Gasteiger partial charge in [0.1, 0.15) is 5.82 Å². The number of ether oxygens (including phenoxy) is 1. The number of hydrogen-bond donors (Lipinski definition) is 2. The Morgan fingerprint density at radius 1 is 1.42 bits per heavy atom. The molecule has 0 spiro atoms. The van der Waals surface area contributed by atoms with Crippen LogP contribution in [0.1, 0.15) is 19.0 Å². The van der Waals surface area contributed by atoms with Gasteiger partial charge in [-0.25, -0.2) is 9.18 Å². The van der Waals surface area contributed by atoms with Gasteiger partial charge < -0.3 is 15.2 Å². The summed E-state index contributed by atoms with van der Waals surface area (Å²) >= 11 is 0. The van der Waals surface area contributed by atoms with Crippen molar-refractivity contribution in [3.8, 4) is 11.1 Å². The van der Waals surface area contributed by atoms with Crippen molar-refractivity contribution in [1.82, 2.24) is 10.3 Å². The van der Waals surface area contributed by atoms with Crippen LogP contribution in [0.25, 0.3) is 11.1 Å². The lowest BCUT2D eigenvalue weighted by atomic mass is 10.0. The van der Waals surface area contributed by atoms with Gasteiger partial charge in [-0.1, -0.05) is 6.92 Å². The molecule has 1 aromatic carbocycles. The number of cyclic esters (lactones) is 1. The summed E-state index contributed by atoms with van der Waals surface area (Å²) in [5.41, 5.74) is 1.67. The topological polar surface area (TPSA) is 91.8 Å². The van der Waals surface area contributed by atoms with Crippen molar-refractivity contribution >= 4 is 17.7 Å². The SMILES string of the molecule is CCC(=O)NC1CN(c2ccc(-c3ccnc(CO)c3)c(F)c2)C(=O)O1. The molecule has 0 saturated carbocycles. The maximum atomic E-state index is 14.6. The van der Waals surface area contributed by atoms with Gasteiger partial charge in [-0.05, 0) is 35.9 Å². The Morgan fingerprint density at radius 2 is 2.23 bits per heavy atom. The molecule has 0 bridgehead atoms. The molecular weight excluding hydrogens is 341 g/mol. The molecule has 1 unspecified atom stereocenters. The van der Waals surface area contributed by atoms with E-state index in [4.69, 9.17) is 9.84 Å². The number of benzene rings is 1. The van der Waals surface area contributed by atoms with E-state index in [1.807, 2.05) is 0 Å². The maximum absolute atomic E-state index is 14.6. The minimum Gasteiger partial charge on any atom is -0.423 e. The van der Waals surface area contributed by atoms with Gasteiger partial charge in [-0.2, -0.15) is 0 Å². The maximum Gasteiger partial charge on any atom is 0.416 e. The lowest BCUT2D eigenvalue weighted by Crippen LogP contribution is -2.37. The third-order valence-corrected chi connectivity index (χ3v) is 4.01. The number of anilines is 1. The number of pyridine rings is 1. The van der Waals surface area contributed by atoms with E-state index in [1.54, 1.807) is 31.2 Å². The summed E-state index contributed by atoms with van der Waals surface area (Å²) in [4.78, 5) is 28.6. The van der Waals surface area contributed by atoms with E-state index in [2.05, 4.69) is 10.3 Å². The Bertz CT molecular complexity index is 843. The highest BCUT2D eigenvalue weighted by atomic mass is 19.1. The molecule has 26 heavy (non-hydrogen) atoms. The number of nitrogens with zero attached hydrogens (tertiary/aromatic N) is 2. The highest BCUT2D eigenvalue weighted by Gasteiger charge is 2.33. The smallest absolute Gasteiger partial charge is 0.416 e. The second-order valence-corrected chi connectivity index (χ2v) is 5.76. The Balaban J connectivity index is 1.81. The highest BCUT2D eigenvalue weighted by molar-refractivity contribution is 5.90. The summed E-state index contributed by atoms with van der Waals surface area (Å²) < 4.78 is 19.7. The molecule has 1 aliphatic rings.